The Labute approximate surface area is 58.3 Å². The molecule has 2 heterocycles. The molecule has 0 aliphatic carbocycles. The summed E-state index contributed by atoms with van der Waals surface area (Å²) in [4.78, 5) is 10.9. The van der Waals surface area contributed by atoms with Crippen molar-refractivity contribution in [3.8, 4) is 0 Å². The summed E-state index contributed by atoms with van der Waals surface area (Å²) in [6, 6.07) is 0. The second-order valence-corrected chi connectivity index (χ2v) is 2.89. The van der Waals surface area contributed by atoms with Gasteiger partial charge in [0, 0.05) is 6.42 Å². The van der Waals surface area contributed by atoms with E-state index in [1.807, 2.05) is 0 Å². The van der Waals surface area contributed by atoms with Crippen LogP contribution in [0.1, 0.15) is 6.42 Å². The minimum Gasteiger partial charge on any atom is -0.461 e. The number of hydrogen-bond donors (Lipinski definition) is 1. The molecule has 0 radical (unpaired) electrons. The molecule has 2 fully saturated rings. The van der Waals surface area contributed by atoms with Crippen LogP contribution in [0.25, 0.3) is 0 Å². The number of rotatable bonds is 0. The lowest BCUT2D eigenvalue weighted by atomic mass is 9.96. The van der Waals surface area contributed by atoms with Crippen molar-refractivity contribution >= 4 is 5.97 Å². The van der Waals surface area contributed by atoms with Crippen molar-refractivity contribution < 1.29 is 14.3 Å². The van der Waals surface area contributed by atoms with Crippen LogP contribution in [0, 0.1) is 0 Å². The summed E-state index contributed by atoms with van der Waals surface area (Å²) in [6.07, 6.45) is 0.661. The van der Waals surface area contributed by atoms with E-state index in [1.54, 1.807) is 0 Å². The maximum absolute atomic E-state index is 10.9. The highest BCUT2D eigenvalue weighted by atomic mass is 16.6. The summed E-state index contributed by atoms with van der Waals surface area (Å²) < 4.78 is 9.96. The van der Waals surface area contributed by atoms with Crippen molar-refractivity contribution in [2.45, 2.75) is 18.1 Å². The summed E-state index contributed by atoms with van der Waals surface area (Å²) in [7, 11) is 0. The molecule has 2 N–H and O–H groups in total. The molecular weight excluding hydrogens is 134 g/mol. The van der Waals surface area contributed by atoms with Crippen LogP contribution in [-0.4, -0.2) is 30.8 Å². The zero-order valence-electron chi connectivity index (χ0n) is 5.50. The Hall–Kier alpha value is -0.610. The first-order chi connectivity index (χ1) is 4.71. The second-order valence-electron chi connectivity index (χ2n) is 2.89. The first-order valence-electron chi connectivity index (χ1n) is 3.28. The minimum atomic E-state index is -0.830. The fourth-order valence-corrected chi connectivity index (χ4v) is 1.35. The van der Waals surface area contributed by atoms with Gasteiger partial charge in [-0.25, -0.2) is 4.79 Å². The van der Waals surface area contributed by atoms with Gasteiger partial charge in [-0.15, -0.1) is 0 Å². The monoisotopic (exact) mass is 143 g/mol. The minimum absolute atomic E-state index is 0.0442. The van der Waals surface area contributed by atoms with E-state index in [1.165, 1.54) is 0 Å². The van der Waals surface area contributed by atoms with Gasteiger partial charge in [0.15, 0.2) is 0 Å². The van der Waals surface area contributed by atoms with Gasteiger partial charge >= 0.3 is 5.97 Å². The topological polar surface area (TPSA) is 61.6 Å². The molecule has 10 heavy (non-hydrogen) atoms. The predicted octanol–water partition coefficient (Wildman–Crippen LogP) is -0.970. The van der Waals surface area contributed by atoms with Gasteiger partial charge in [-0.3, -0.25) is 0 Å². The molecule has 2 bridgehead atoms. The van der Waals surface area contributed by atoms with Crippen LogP contribution in [0.15, 0.2) is 0 Å². The normalized spacial score (nSPS) is 45.3. The first kappa shape index (κ1) is 6.12. The molecule has 0 aromatic carbocycles. The molecule has 4 nitrogen and oxygen atoms in total. The molecule has 2 aliphatic heterocycles. The lowest BCUT2D eigenvalue weighted by molar-refractivity contribution is -0.153. The maximum Gasteiger partial charge on any atom is 0.328 e. The third-order valence-corrected chi connectivity index (χ3v) is 1.98. The van der Waals surface area contributed by atoms with Gasteiger partial charge in [-0.2, -0.15) is 0 Å². The SMILES string of the molecule is N[C@]12CO[C@H](COC1=O)C2. The van der Waals surface area contributed by atoms with Crippen LogP contribution in [0.3, 0.4) is 0 Å². The zero-order chi connectivity index (χ0) is 7.19. The molecule has 0 saturated carbocycles. The van der Waals surface area contributed by atoms with Gasteiger partial charge in [0.1, 0.15) is 12.1 Å². The summed E-state index contributed by atoms with van der Waals surface area (Å²) in [5.74, 6) is -0.318. The number of carbonyl (C=O) groups excluding carboxylic acids is 1. The molecular formula is C6H9NO3. The maximum atomic E-state index is 10.9. The number of carbonyl (C=O) groups is 1. The van der Waals surface area contributed by atoms with Crippen LogP contribution >= 0.6 is 0 Å². The third-order valence-electron chi connectivity index (χ3n) is 1.98. The van der Waals surface area contributed by atoms with E-state index in [0.717, 1.165) is 0 Å². The Morgan fingerprint density at radius 2 is 2.50 bits per heavy atom. The molecule has 2 saturated heterocycles. The van der Waals surface area contributed by atoms with E-state index in [-0.39, 0.29) is 12.1 Å². The number of ether oxygens (including phenoxy) is 2. The summed E-state index contributed by atoms with van der Waals surface area (Å²) >= 11 is 0. The second kappa shape index (κ2) is 1.71. The number of hydrogen-bond acceptors (Lipinski definition) is 4. The lowest BCUT2D eigenvalue weighted by Gasteiger charge is -2.23. The predicted molar refractivity (Wildman–Crippen MR) is 32.2 cm³/mol. The van der Waals surface area contributed by atoms with E-state index < -0.39 is 5.54 Å². The Bertz CT molecular complexity index is 182. The Kier molecular flexibility index (Phi) is 1.04. The molecule has 0 amide bonds. The Morgan fingerprint density at radius 1 is 1.70 bits per heavy atom. The van der Waals surface area contributed by atoms with Crippen molar-refractivity contribution in [3.05, 3.63) is 0 Å². The van der Waals surface area contributed by atoms with E-state index in [4.69, 9.17) is 15.2 Å². The van der Waals surface area contributed by atoms with Gasteiger partial charge in [0.25, 0.3) is 0 Å². The molecule has 2 rings (SSSR count). The molecule has 0 aromatic rings. The third kappa shape index (κ3) is 0.660. The highest BCUT2D eigenvalue weighted by Crippen LogP contribution is 2.27. The molecule has 0 aromatic heterocycles. The van der Waals surface area contributed by atoms with E-state index in [9.17, 15) is 4.79 Å². The first-order valence-corrected chi connectivity index (χ1v) is 3.28. The standard InChI is InChI=1S/C6H9NO3/c7-6-1-4(10-3-6)2-9-5(6)8/h4H,1-3,7H2/t4-,6+/m0/s1. The molecule has 0 spiro atoms. The van der Waals surface area contributed by atoms with Crippen molar-refractivity contribution in [2.24, 2.45) is 5.73 Å². The Morgan fingerprint density at radius 3 is 3.20 bits per heavy atom. The fourth-order valence-electron chi connectivity index (χ4n) is 1.35. The van der Waals surface area contributed by atoms with Gasteiger partial charge in [0.05, 0.1) is 12.7 Å². The molecule has 2 atom stereocenters. The number of cyclic esters (lactones) is 1. The average Bonchev–Trinajstić information content (AvgIpc) is 2.22. The van der Waals surface area contributed by atoms with Crippen LogP contribution in [0.2, 0.25) is 0 Å². The number of fused-ring (bicyclic) bond motifs is 2. The van der Waals surface area contributed by atoms with Gasteiger partial charge in [-0.05, 0) is 0 Å². The molecule has 56 valence electrons. The number of nitrogens with two attached hydrogens (primary N) is 1. The van der Waals surface area contributed by atoms with E-state index >= 15 is 0 Å². The summed E-state index contributed by atoms with van der Waals surface area (Å²) in [5.41, 5.74) is 4.81. The zero-order valence-corrected chi connectivity index (χ0v) is 5.50. The van der Waals surface area contributed by atoms with Crippen LogP contribution in [0.4, 0.5) is 0 Å². The smallest absolute Gasteiger partial charge is 0.328 e. The van der Waals surface area contributed by atoms with Gasteiger partial charge < -0.3 is 15.2 Å². The van der Waals surface area contributed by atoms with Crippen LogP contribution in [-0.2, 0) is 14.3 Å². The van der Waals surface area contributed by atoms with Crippen molar-refractivity contribution in [1.82, 2.24) is 0 Å². The molecule has 0 unspecified atom stereocenters. The van der Waals surface area contributed by atoms with Crippen LogP contribution < -0.4 is 5.73 Å². The van der Waals surface area contributed by atoms with Crippen molar-refractivity contribution in [2.75, 3.05) is 13.2 Å². The summed E-state index contributed by atoms with van der Waals surface area (Å²) in [6.45, 7) is 0.689. The molecule has 4 heteroatoms. The lowest BCUT2D eigenvalue weighted by Crippen LogP contribution is -2.52. The van der Waals surface area contributed by atoms with E-state index in [0.29, 0.717) is 19.6 Å². The summed E-state index contributed by atoms with van der Waals surface area (Å²) in [5, 5.41) is 0. The Balaban J connectivity index is 2.25. The number of esters is 1. The van der Waals surface area contributed by atoms with E-state index in [2.05, 4.69) is 0 Å². The highest BCUT2D eigenvalue weighted by Gasteiger charge is 2.48. The molecule has 2 aliphatic rings. The van der Waals surface area contributed by atoms with Gasteiger partial charge in [-0.1, -0.05) is 0 Å². The average molecular weight is 143 g/mol. The van der Waals surface area contributed by atoms with Crippen LogP contribution in [0.5, 0.6) is 0 Å². The quantitative estimate of drug-likeness (QED) is 0.443. The van der Waals surface area contributed by atoms with Gasteiger partial charge in [0.2, 0.25) is 0 Å². The van der Waals surface area contributed by atoms with Crippen molar-refractivity contribution in [3.63, 3.8) is 0 Å². The fraction of sp³-hybridized carbons (Fsp3) is 0.833. The highest BCUT2D eigenvalue weighted by molar-refractivity contribution is 5.82. The van der Waals surface area contributed by atoms with Crippen molar-refractivity contribution in [1.29, 1.82) is 0 Å². The largest absolute Gasteiger partial charge is 0.461 e.